The molecule has 0 aliphatic rings. The van der Waals surface area contributed by atoms with Crippen LogP contribution in [0.3, 0.4) is 0 Å². The van der Waals surface area contributed by atoms with E-state index < -0.39 is 0 Å². The first kappa shape index (κ1) is 14.0. The van der Waals surface area contributed by atoms with E-state index >= 15 is 0 Å². The van der Waals surface area contributed by atoms with E-state index in [2.05, 4.69) is 20.7 Å². The van der Waals surface area contributed by atoms with Crippen LogP contribution in [0.4, 0.5) is 0 Å². The molecule has 0 spiro atoms. The average Bonchev–Trinajstić information content (AvgIpc) is 2.59. The maximum absolute atomic E-state index is 10.9. The molecular weight excluding hydrogens is 314 g/mol. The summed E-state index contributed by atoms with van der Waals surface area (Å²) in [5.74, 6) is -0.197. The van der Waals surface area contributed by atoms with Crippen molar-refractivity contribution < 1.29 is 9.53 Å². The van der Waals surface area contributed by atoms with Crippen LogP contribution in [-0.2, 0) is 9.53 Å². The summed E-state index contributed by atoms with van der Waals surface area (Å²) in [6.07, 6.45) is 1.88. The summed E-state index contributed by atoms with van der Waals surface area (Å²) in [7, 11) is 1.39. The van der Waals surface area contributed by atoms with Gasteiger partial charge in [0.2, 0.25) is 0 Å². The van der Waals surface area contributed by atoms with Gasteiger partial charge in [-0.1, -0.05) is 11.6 Å². The highest BCUT2D eigenvalue weighted by molar-refractivity contribution is 9.10. The molecule has 2 N–H and O–H groups in total. The Morgan fingerprint density at radius 2 is 2.44 bits per heavy atom. The molecule has 0 aliphatic heterocycles. The van der Waals surface area contributed by atoms with Crippen LogP contribution in [0.15, 0.2) is 10.5 Å². The lowest BCUT2D eigenvalue weighted by atomic mass is 10.1. The zero-order chi connectivity index (χ0) is 12.1. The van der Waals surface area contributed by atoms with Crippen LogP contribution in [-0.4, -0.2) is 13.1 Å². The largest absolute Gasteiger partial charge is 0.469 e. The van der Waals surface area contributed by atoms with E-state index in [9.17, 15) is 4.79 Å². The molecule has 3 nitrogen and oxygen atoms in total. The minimum atomic E-state index is -0.197. The number of rotatable bonds is 5. The van der Waals surface area contributed by atoms with Gasteiger partial charge in [0.25, 0.3) is 0 Å². The van der Waals surface area contributed by atoms with Gasteiger partial charge in [0.1, 0.15) is 4.34 Å². The third-order valence-corrected chi connectivity index (χ3v) is 4.76. The van der Waals surface area contributed by atoms with Crippen LogP contribution in [0, 0.1) is 0 Å². The van der Waals surface area contributed by atoms with Gasteiger partial charge >= 0.3 is 5.97 Å². The van der Waals surface area contributed by atoms with Crippen LogP contribution < -0.4 is 5.73 Å². The number of halogens is 2. The van der Waals surface area contributed by atoms with Gasteiger partial charge < -0.3 is 10.5 Å². The monoisotopic (exact) mass is 325 g/mol. The minimum absolute atomic E-state index is 0.0709. The Balaban J connectivity index is 2.40. The molecule has 1 aromatic heterocycles. The molecule has 0 bridgehead atoms. The fourth-order valence-electron chi connectivity index (χ4n) is 1.26. The van der Waals surface area contributed by atoms with Crippen LogP contribution in [0.5, 0.6) is 0 Å². The Hall–Kier alpha value is -0.100. The Morgan fingerprint density at radius 3 is 2.94 bits per heavy atom. The average molecular weight is 327 g/mol. The van der Waals surface area contributed by atoms with Gasteiger partial charge in [0, 0.05) is 21.8 Å². The standard InChI is InChI=1S/C10H13BrClNO2S/c1-15-9(14)4-2-3-7(13)8-5-6(11)10(12)16-8/h5,7H,2-4,13H2,1H3. The van der Waals surface area contributed by atoms with Gasteiger partial charge in [-0.3, -0.25) is 4.79 Å². The van der Waals surface area contributed by atoms with E-state index in [1.807, 2.05) is 6.07 Å². The van der Waals surface area contributed by atoms with Crippen molar-refractivity contribution in [2.24, 2.45) is 5.73 Å². The van der Waals surface area contributed by atoms with Crippen LogP contribution >= 0.6 is 38.9 Å². The van der Waals surface area contributed by atoms with Crippen molar-refractivity contribution in [3.05, 3.63) is 19.8 Å². The highest BCUT2D eigenvalue weighted by atomic mass is 79.9. The van der Waals surface area contributed by atoms with Crippen molar-refractivity contribution in [1.29, 1.82) is 0 Å². The molecule has 6 heteroatoms. The van der Waals surface area contributed by atoms with E-state index in [-0.39, 0.29) is 12.0 Å². The Labute approximate surface area is 112 Å². The van der Waals surface area contributed by atoms with Crippen molar-refractivity contribution in [3.8, 4) is 0 Å². The third-order valence-electron chi connectivity index (χ3n) is 2.15. The molecule has 1 atom stereocenters. The van der Waals surface area contributed by atoms with Crippen molar-refractivity contribution in [3.63, 3.8) is 0 Å². The van der Waals surface area contributed by atoms with Crippen molar-refractivity contribution in [2.75, 3.05) is 7.11 Å². The molecule has 0 aromatic carbocycles. The molecule has 0 amide bonds. The maximum Gasteiger partial charge on any atom is 0.305 e. The summed E-state index contributed by atoms with van der Waals surface area (Å²) >= 11 is 10.7. The second-order valence-corrected chi connectivity index (χ2v) is 5.89. The zero-order valence-corrected chi connectivity index (χ0v) is 12.0. The van der Waals surface area contributed by atoms with Crippen molar-refractivity contribution in [1.82, 2.24) is 0 Å². The highest BCUT2D eigenvalue weighted by Crippen LogP contribution is 2.35. The molecular formula is C10H13BrClNO2S. The first-order valence-electron chi connectivity index (χ1n) is 4.81. The summed E-state index contributed by atoms with van der Waals surface area (Å²) in [4.78, 5) is 11.9. The molecule has 90 valence electrons. The minimum Gasteiger partial charge on any atom is -0.469 e. The second kappa shape index (κ2) is 6.59. The molecule has 0 radical (unpaired) electrons. The van der Waals surface area contributed by atoms with Crippen molar-refractivity contribution >= 4 is 44.8 Å². The Morgan fingerprint density at radius 1 is 1.75 bits per heavy atom. The summed E-state index contributed by atoms with van der Waals surface area (Å²) in [6, 6.07) is 1.86. The SMILES string of the molecule is COC(=O)CCCC(N)c1cc(Br)c(Cl)s1. The topological polar surface area (TPSA) is 52.3 Å². The van der Waals surface area contributed by atoms with Gasteiger partial charge in [-0.25, -0.2) is 0 Å². The fraction of sp³-hybridized carbons (Fsp3) is 0.500. The molecule has 1 heterocycles. The lowest BCUT2D eigenvalue weighted by Crippen LogP contribution is -2.09. The van der Waals surface area contributed by atoms with Crippen LogP contribution in [0.1, 0.15) is 30.2 Å². The molecule has 1 unspecified atom stereocenters. The summed E-state index contributed by atoms with van der Waals surface area (Å²) in [6.45, 7) is 0. The number of hydrogen-bond acceptors (Lipinski definition) is 4. The van der Waals surface area contributed by atoms with Gasteiger partial charge in [0.05, 0.1) is 7.11 Å². The van der Waals surface area contributed by atoms with E-state index in [1.165, 1.54) is 18.4 Å². The van der Waals surface area contributed by atoms with Gasteiger partial charge in [-0.05, 0) is 34.8 Å². The summed E-state index contributed by atoms with van der Waals surface area (Å²) in [5, 5.41) is 0. The van der Waals surface area contributed by atoms with Gasteiger partial charge in [-0.2, -0.15) is 0 Å². The summed E-state index contributed by atoms with van der Waals surface area (Å²) < 4.78 is 6.13. The number of thiophene rings is 1. The molecule has 1 aromatic rings. The fourth-order valence-corrected chi connectivity index (χ4v) is 3.03. The Bertz CT molecular complexity index is 350. The zero-order valence-electron chi connectivity index (χ0n) is 8.83. The number of esters is 1. The highest BCUT2D eigenvalue weighted by Gasteiger charge is 2.12. The predicted molar refractivity (Wildman–Crippen MR) is 69.8 cm³/mol. The predicted octanol–water partition coefficient (Wildman–Crippen LogP) is 3.51. The molecule has 1 rings (SSSR count). The van der Waals surface area contributed by atoms with E-state index in [0.717, 1.165) is 22.2 Å². The first-order chi connectivity index (χ1) is 7.54. The first-order valence-corrected chi connectivity index (χ1v) is 6.80. The van der Waals surface area contributed by atoms with Crippen LogP contribution in [0.2, 0.25) is 4.34 Å². The number of methoxy groups -OCH3 is 1. The van der Waals surface area contributed by atoms with Gasteiger partial charge in [-0.15, -0.1) is 11.3 Å². The van der Waals surface area contributed by atoms with E-state index in [0.29, 0.717) is 10.8 Å². The number of carbonyl (C=O) groups is 1. The molecule has 0 saturated heterocycles. The smallest absolute Gasteiger partial charge is 0.305 e. The number of ether oxygens (including phenoxy) is 1. The number of carbonyl (C=O) groups excluding carboxylic acids is 1. The molecule has 0 aliphatic carbocycles. The summed E-state index contributed by atoms with van der Waals surface area (Å²) in [5.41, 5.74) is 5.98. The quantitative estimate of drug-likeness (QED) is 0.842. The lowest BCUT2D eigenvalue weighted by molar-refractivity contribution is -0.140. The number of hydrogen-bond donors (Lipinski definition) is 1. The molecule has 0 fully saturated rings. The second-order valence-electron chi connectivity index (χ2n) is 3.35. The van der Waals surface area contributed by atoms with E-state index in [1.54, 1.807) is 0 Å². The number of nitrogens with two attached hydrogens (primary N) is 1. The Kier molecular flexibility index (Phi) is 5.75. The lowest BCUT2D eigenvalue weighted by Gasteiger charge is -2.08. The maximum atomic E-state index is 10.9. The normalized spacial score (nSPS) is 12.5. The van der Waals surface area contributed by atoms with E-state index in [4.69, 9.17) is 17.3 Å². The molecule has 0 saturated carbocycles. The molecule has 16 heavy (non-hydrogen) atoms. The van der Waals surface area contributed by atoms with Crippen molar-refractivity contribution in [2.45, 2.75) is 25.3 Å². The van der Waals surface area contributed by atoms with Gasteiger partial charge in [0.15, 0.2) is 0 Å². The van der Waals surface area contributed by atoms with Crippen LogP contribution in [0.25, 0.3) is 0 Å². The third kappa shape index (κ3) is 4.05.